The van der Waals surface area contributed by atoms with E-state index in [1.165, 1.54) is 5.56 Å². The molecule has 0 aliphatic rings. The Labute approximate surface area is 186 Å². The minimum absolute atomic E-state index is 0. The summed E-state index contributed by atoms with van der Waals surface area (Å²) in [6, 6.07) is 12.0. The van der Waals surface area contributed by atoms with Crippen molar-refractivity contribution in [3.8, 4) is 22.8 Å². The molecule has 0 fully saturated rings. The zero-order chi connectivity index (χ0) is 21.4. The van der Waals surface area contributed by atoms with E-state index >= 15 is 0 Å². The minimum Gasteiger partial charge on any atom is -0.493 e. The predicted octanol–water partition coefficient (Wildman–Crippen LogP) is 3.73. The molecule has 8 nitrogen and oxygen atoms in total. The Kier molecular flexibility index (Phi) is 6.31. The van der Waals surface area contributed by atoms with Crippen molar-refractivity contribution in [1.82, 2.24) is 24.6 Å². The third kappa shape index (κ3) is 3.98. The van der Waals surface area contributed by atoms with Gasteiger partial charge in [0.05, 0.1) is 25.6 Å². The molecule has 0 amide bonds. The molecule has 0 radical (unpaired) electrons. The van der Waals surface area contributed by atoms with Gasteiger partial charge in [0.25, 0.3) is 5.78 Å². The van der Waals surface area contributed by atoms with Crippen molar-refractivity contribution in [3.63, 3.8) is 0 Å². The highest BCUT2D eigenvalue weighted by atomic mass is 35.5. The van der Waals surface area contributed by atoms with Crippen LogP contribution in [-0.4, -0.2) is 38.8 Å². The summed E-state index contributed by atoms with van der Waals surface area (Å²) in [5.41, 5.74) is 6.86. The SMILES string of the molecule is COc1ccc(-c2cc(=Nc3c(C)cc(C)cc3C)n(C)c3nnnn23)cc1OC.Cl. The normalized spacial score (nSPS) is 11.5. The number of methoxy groups -OCH3 is 2. The molecule has 0 unspecified atom stereocenters. The van der Waals surface area contributed by atoms with Crippen molar-refractivity contribution in [3.05, 3.63) is 58.6 Å². The fraction of sp³-hybridized carbons (Fsp3) is 0.273. The van der Waals surface area contributed by atoms with Gasteiger partial charge in [-0.25, -0.2) is 4.99 Å². The molecule has 0 spiro atoms. The molecule has 2 aromatic heterocycles. The molecule has 0 atom stereocenters. The minimum atomic E-state index is 0. The van der Waals surface area contributed by atoms with Crippen LogP contribution < -0.4 is 15.0 Å². The summed E-state index contributed by atoms with van der Waals surface area (Å²) in [5.74, 6) is 1.88. The maximum Gasteiger partial charge on any atom is 0.255 e. The first-order valence-corrected chi connectivity index (χ1v) is 9.56. The Morgan fingerprint density at radius 3 is 2.23 bits per heavy atom. The molecule has 2 heterocycles. The molecule has 2 aromatic carbocycles. The van der Waals surface area contributed by atoms with Gasteiger partial charge in [0.1, 0.15) is 5.49 Å². The number of hydrogen-bond acceptors (Lipinski definition) is 6. The first kappa shape index (κ1) is 22.3. The quantitative estimate of drug-likeness (QED) is 0.483. The molecule has 9 heteroatoms. The lowest BCUT2D eigenvalue weighted by Gasteiger charge is -2.12. The molecular weight excluding hydrogens is 416 g/mol. The molecule has 0 saturated heterocycles. The summed E-state index contributed by atoms with van der Waals surface area (Å²) >= 11 is 0. The number of hydrogen-bond donors (Lipinski definition) is 0. The van der Waals surface area contributed by atoms with Gasteiger partial charge in [0.15, 0.2) is 11.5 Å². The summed E-state index contributed by atoms with van der Waals surface area (Å²) in [4.78, 5) is 4.97. The lowest BCUT2D eigenvalue weighted by molar-refractivity contribution is 0.355. The summed E-state index contributed by atoms with van der Waals surface area (Å²) < 4.78 is 14.4. The van der Waals surface area contributed by atoms with Gasteiger partial charge in [-0.05, 0) is 60.5 Å². The Bertz CT molecular complexity index is 1300. The van der Waals surface area contributed by atoms with Crippen molar-refractivity contribution in [2.75, 3.05) is 14.2 Å². The number of aryl methyl sites for hydroxylation is 4. The average molecular weight is 441 g/mol. The molecule has 0 saturated carbocycles. The van der Waals surface area contributed by atoms with Crippen LogP contribution in [0.4, 0.5) is 5.69 Å². The van der Waals surface area contributed by atoms with Crippen LogP contribution in [0.2, 0.25) is 0 Å². The molecule has 4 aromatic rings. The van der Waals surface area contributed by atoms with E-state index in [-0.39, 0.29) is 12.4 Å². The van der Waals surface area contributed by atoms with E-state index in [2.05, 4.69) is 48.4 Å². The lowest BCUT2D eigenvalue weighted by atomic mass is 10.1. The van der Waals surface area contributed by atoms with E-state index < -0.39 is 0 Å². The van der Waals surface area contributed by atoms with Gasteiger partial charge in [-0.1, -0.05) is 22.8 Å². The van der Waals surface area contributed by atoms with Crippen LogP contribution in [0, 0.1) is 20.8 Å². The van der Waals surface area contributed by atoms with Gasteiger partial charge < -0.3 is 9.47 Å². The molecular formula is C22H25ClN6O2. The molecule has 31 heavy (non-hydrogen) atoms. The number of benzene rings is 2. The third-order valence-electron chi connectivity index (χ3n) is 5.13. The van der Waals surface area contributed by atoms with Crippen molar-refractivity contribution < 1.29 is 9.47 Å². The number of nitrogens with zero attached hydrogens (tertiary/aromatic N) is 6. The van der Waals surface area contributed by atoms with Crippen LogP contribution >= 0.6 is 12.4 Å². The molecule has 162 valence electrons. The Morgan fingerprint density at radius 2 is 1.58 bits per heavy atom. The van der Waals surface area contributed by atoms with Crippen molar-refractivity contribution >= 4 is 23.9 Å². The summed E-state index contributed by atoms with van der Waals surface area (Å²) in [6.07, 6.45) is 0. The summed E-state index contributed by atoms with van der Waals surface area (Å²) in [6.45, 7) is 6.24. The van der Waals surface area contributed by atoms with Gasteiger partial charge >= 0.3 is 0 Å². The van der Waals surface area contributed by atoms with Crippen molar-refractivity contribution in [2.24, 2.45) is 12.0 Å². The van der Waals surface area contributed by atoms with E-state index in [1.54, 1.807) is 18.7 Å². The van der Waals surface area contributed by atoms with Gasteiger partial charge in [-0.3, -0.25) is 4.57 Å². The standard InChI is InChI=1S/C22H24N6O2.ClH/c1-13-9-14(2)21(15(3)10-13)23-20-12-17(28-22(27(20)4)24-25-26-28)16-7-8-18(29-5)19(11-16)30-6;/h7-12H,1-6H3;1H. The van der Waals surface area contributed by atoms with E-state index in [0.717, 1.165) is 33.6 Å². The highest BCUT2D eigenvalue weighted by Crippen LogP contribution is 2.32. The van der Waals surface area contributed by atoms with Crippen molar-refractivity contribution in [2.45, 2.75) is 20.8 Å². The van der Waals surface area contributed by atoms with Gasteiger partial charge in [-0.2, -0.15) is 4.52 Å². The Hall–Kier alpha value is -3.39. The second-order valence-corrected chi connectivity index (χ2v) is 7.27. The third-order valence-corrected chi connectivity index (χ3v) is 5.13. The van der Waals surface area contributed by atoms with Crippen LogP contribution in [-0.2, 0) is 7.05 Å². The monoisotopic (exact) mass is 440 g/mol. The van der Waals surface area contributed by atoms with Crippen LogP contribution in [0.3, 0.4) is 0 Å². The van der Waals surface area contributed by atoms with Crippen LogP contribution in [0.5, 0.6) is 11.5 Å². The fourth-order valence-electron chi connectivity index (χ4n) is 3.70. The lowest BCUT2D eigenvalue weighted by Crippen LogP contribution is -2.21. The maximum absolute atomic E-state index is 5.47. The van der Waals surface area contributed by atoms with Gasteiger partial charge in [-0.15, -0.1) is 12.4 Å². The van der Waals surface area contributed by atoms with E-state index in [4.69, 9.17) is 14.5 Å². The number of ether oxygens (including phenoxy) is 2. The van der Waals surface area contributed by atoms with Crippen molar-refractivity contribution in [1.29, 1.82) is 0 Å². The highest BCUT2D eigenvalue weighted by Gasteiger charge is 2.14. The molecule has 4 rings (SSSR count). The predicted molar refractivity (Wildman–Crippen MR) is 121 cm³/mol. The van der Waals surface area contributed by atoms with E-state index in [0.29, 0.717) is 17.3 Å². The first-order valence-electron chi connectivity index (χ1n) is 9.56. The summed E-state index contributed by atoms with van der Waals surface area (Å²) in [5, 5.41) is 12.2. The number of halogens is 1. The second kappa shape index (κ2) is 8.77. The zero-order valence-electron chi connectivity index (χ0n) is 18.4. The van der Waals surface area contributed by atoms with Crippen LogP contribution in [0.1, 0.15) is 16.7 Å². The topological polar surface area (TPSA) is 78.8 Å². The Morgan fingerprint density at radius 1 is 0.903 bits per heavy atom. The molecule has 0 aliphatic carbocycles. The van der Waals surface area contributed by atoms with Gasteiger partial charge in [0, 0.05) is 18.7 Å². The van der Waals surface area contributed by atoms with Crippen LogP contribution in [0.15, 0.2) is 41.4 Å². The van der Waals surface area contributed by atoms with Crippen LogP contribution in [0.25, 0.3) is 17.0 Å². The molecule has 0 N–H and O–H groups in total. The molecule has 0 bridgehead atoms. The largest absolute Gasteiger partial charge is 0.493 e. The highest BCUT2D eigenvalue weighted by molar-refractivity contribution is 5.85. The summed E-state index contributed by atoms with van der Waals surface area (Å²) in [7, 11) is 5.13. The fourth-order valence-corrected chi connectivity index (χ4v) is 3.70. The molecule has 0 aliphatic heterocycles. The first-order chi connectivity index (χ1) is 14.4. The second-order valence-electron chi connectivity index (χ2n) is 7.27. The zero-order valence-corrected chi connectivity index (χ0v) is 19.2. The number of aromatic nitrogens is 5. The van der Waals surface area contributed by atoms with E-state index in [9.17, 15) is 0 Å². The number of fused-ring (bicyclic) bond motifs is 1. The number of rotatable bonds is 4. The number of tetrazole rings is 1. The van der Waals surface area contributed by atoms with Gasteiger partial charge in [0.2, 0.25) is 0 Å². The smallest absolute Gasteiger partial charge is 0.255 e. The maximum atomic E-state index is 5.47. The average Bonchev–Trinajstić information content (AvgIpc) is 3.22. The Balaban J connectivity index is 0.00000272. The van der Waals surface area contributed by atoms with E-state index in [1.807, 2.05) is 35.9 Å².